The zero-order valence-electron chi connectivity index (χ0n) is 21.3. The van der Waals surface area contributed by atoms with Gasteiger partial charge in [-0.05, 0) is 80.0 Å². The highest BCUT2D eigenvalue weighted by molar-refractivity contribution is 5.90. The third-order valence-corrected chi connectivity index (χ3v) is 6.96. The zero-order valence-corrected chi connectivity index (χ0v) is 21.3. The van der Waals surface area contributed by atoms with E-state index in [2.05, 4.69) is 16.7 Å². The number of nitrogens with zero attached hydrogens (tertiary/aromatic N) is 2. The number of aliphatic hydroxyl groups is 1. The summed E-state index contributed by atoms with van der Waals surface area (Å²) in [5.41, 5.74) is 4.40. The number of pyridine rings is 1. The number of nitrogens with one attached hydrogen (secondary N) is 2. The number of anilines is 2. The van der Waals surface area contributed by atoms with Crippen molar-refractivity contribution in [2.24, 2.45) is 5.92 Å². The van der Waals surface area contributed by atoms with Gasteiger partial charge in [-0.1, -0.05) is 6.07 Å². The molecule has 1 aromatic heterocycles. The first kappa shape index (κ1) is 27.2. The third-order valence-electron chi connectivity index (χ3n) is 6.96. The SMILES string of the molecule is Cc1ccc(NC(=O)N2CCC(CC(F)(F)F)C2)cc1-c1cc(NCC(C)O)nc(C2CCOCC2)c1. The van der Waals surface area contributed by atoms with Crippen LogP contribution in [0.15, 0.2) is 30.3 Å². The number of carbonyl (C=O) groups excluding carboxylic acids is 1. The predicted molar refractivity (Wildman–Crippen MR) is 137 cm³/mol. The number of amides is 2. The van der Waals surface area contributed by atoms with Gasteiger partial charge in [0.1, 0.15) is 5.82 Å². The van der Waals surface area contributed by atoms with Gasteiger partial charge in [-0.3, -0.25) is 0 Å². The van der Waals surface area contributed by atoms with Crippen molar-refractivity contribution in [3.05, 3.63) is 41.6 Å². The fourth-order valence-corrected chi connectivity index (χ4v) is 4.98. The van der Waals surface area contributed by atoms with Gasteiger partial charge in [0, 0.05) is 56.6 Å². The van der Waals surface area contributed by atoms with Gasteiger partial charge >= 0.3 is 12.2 Å². The van der Waals surface area contributed by atoms with Gasteiger partial charge in [-0.15, -0.1) is 0 Å². The van der Waals surface area contributed by atoms with E-state index in [4.69, 9.17) is 9.72 Å². The van der Waals surface area contributed by atoms with Crippen molar-refractivity contribution < 1.29 is 27.8 Å². The van der Waals surface area contributed by atoms with E-state index >= 15 is 0 Å². The largest absolute Gasteiger partial charge is 0.392 e. The molecule has 2 aliphatic rings. The summed E-state index contributed by atoms with van der Waals surface area (Å²) in [6.45, 7) is 5.84. The number of urea groups is 1. The molecule has 2 atom stereocenters. The van der Waals surface area contributed by atoms with E-state index in [1.165, 1.54) is 4.90 Å². The standard InChI is InChI=1S/C27H35F3N4O3/c1-17-3-4-22(32-26(36)34-8-5-19(16-34)14-27(28,29)30)13-23(17)21-11-24(20-6-9-37-10-7-20)33-25(12-21)31-15-18(2)35/h3-4,11-13,18-20,35H,5-10,14-16H2,1-2H3,(H,31,33)(H,32,36). The van der Waals surface area contributed by atoms with E-state index in [-0.39, 0.29) is 12.5 Å². The lowest BCUT2D eigenvalue weighted by Gasteiger charge is -2.23. The molecule has 2 amide bonds. The first-order valence-electron chi connectivity index (χ1n) is 12.8. The zero-order chi connectivity index (χ0) is 26.6. The minimum absolute atomic E-state index is 0.0984. The number of likely N-dealkylation sites (tertiary alicyclic amines) is 1. The Hall–Kier alpha value is -2.85. The number of hydrogen-bond donors (Lipinski definition) is 3. The Morgan fingerprint density at radius 2 is 1.97 bits per heavy atom. The van der Waals surface area contributed by atoms with Gasteiger partial charge in [0.2, 0.25) is 0 Å². The molecule has 0 radical (unpaired) electrons. The Morgan fingerprint density at radius 1 is 1.22 bits per heavy atom. The molecule has 7 nitrogen and oxygen atoms in total. The third kappa shape index (κ3) is 7.58. The van der Waals surface area contributed by atoms with Crippen LogP contribution in [0.25, 0.3) is 11.1 Å². The second kappa shape index (κ2) is 11.7. The number of ether oxygens (including phenoxy) is 1. The van der Waals surface area contributed by atoms with Crippen LogP contribution in [0.3, 0.4) is 0 Å². The highest BCUT2D eigenvalue weighted by Crippen LogP contribution is 2.34. The topological polar surface area (TPSA) is 86.7 Å². The van der Waals surface area contributed by atoms with Crippen LogP contribution in [-0.4, -0.2) is 66.1 Å². The summed E-state index contributed by atoms with van der Waals surface area (Å²) in [7, 11) is 0. The maximum atomic E-state index is 12.8. The molecule has 202 valence electrons. The van der Waals surface area contributed by atoms with E-state index in [9.17, 15) is 23.1 Å². The van der Waals surface area contributed by atoms with E-state index in [1.54, 1.807) is 13.0 Å². The van der Waals surface area contributed by atoms with Crippen molar-refractivity contribution in [2.45, 2.75) is 57.7 Å². The second-order valence-electron chi connectivity index (χ2n) is 10.2. The molecule has 3 N–H and O–H groups in total. The monoisotopic (exact) mass is 520 g/mol. The molecule has 0 saturated carbocycles. The Kier molecular flexibility index (Phi) is 8.59. The number of rotatable bonds is 7. The molecule has 2 fully saturated rings. The minimum atomic E-state index is -4.22. The number of alkyl halides is 3. The highest BCUT2D eigenvalue weighted by Gasteiger charge is 2.36. The second-order valence-corrected chi connectivity index (χ2v) is 10.2. The van der Waals surface area contributed by atoms with Crippen LogP contribution in [0.4, 0.5) is 29.5 Å². The number of aromatic nitrogens is 1. The first-order valence-corrected chi connectivity index (χ1v) is 12.8. The van der Waals surface area contributed by atoms with E-state index in [0.29, 0.717) is 44.2 Å². The van der Waals surface area contributed by atoms with Crippen LogP contribution in [0.5, 0.6) is 0 Å². The molecule has 2 unspecified atom stereocenters. The molecule has 10 heteroatoms. The summed E-state index contributed by atoms with van der Waals surface area (Å²) in [6, 6.07) is 9.21. The van der Waals surface area contributed by atoms with Gasteiger partial charge in [0.15, 0.2) is 0 Å². The molecule has 0 bridgehead atoms. The lowest BCUT2D eigenvalue weighted by Crippen LogP contribution is -2.33. The predicted octanol–water partition coefficient (Wildman–Crippen LogP) is 5.55. The van der Waals surface area contributed by atoms with Crippen LogP contribution < -0.4 is 10.6 Å². The summed E-state index contributed by atoms with van der Waals surface area (Å²) in [4.78, 5) is 19.1. The van der Waals surface area contributed by atoms with Crippen molar-refractivity contribution in [1.29, 1.82) is 0 Å². The summed E-state index contributed by atoms with van der Waals surface area (Å²) < 4.78 is 43.7. The van der Waals surface area contributed by atoms with Gasteiger partial charge < -0.3 is 25.4 Å². The van der Waals surface area contributed by atoms with Gasteiger partial charge in [-0.25, -0.2) is 9.78 Å². The van der Waals surface area contributed by atoms with E-state index < -0.39 is 30.7 Å². The number of aryl methyl sites for hydroxylation is 1. The molecule has 4 rings (SSSR count). The maximum Gasteiger partial charge on any atom is 0.389 e. The summed E-state index contributed by atoms with van der Waals surface area (Å²) in [5, 5.41) is 15.8. The Bertz CT molecular complexity index is 1090. The Morgan fingerprint density at radius 3 is 2.68 bits per heavy atom. The number of aliphatic hydroxyl groups excluding tert-OH is 1. The van der Waals surface area contributed by atoms with Crippen molar-refractivity contribution in [2.75, 3.05) is 43.5 Å². The van der Waals surface area contributed by atoms with Crippen LogP contribution in [0.1, 0.15) is 49.8 Å². The molecule has 2 aliphatic heterocycles. The van der Waals surface area contributed by atoms with Crippen molar-refractivity contribution >= 4 is 17.5 Å². The van der Waals surface area contributed by atoms with Gasteiger partial charge in [-0.2, -0.15) is 13.2 Å². The lowest BCUT2D eigenvalue weighted by atomic mass is 9.92. The molecule has 2 aromatic rings. The average Bonchev–Trinajstić information content (AvgIpc) is 3.31. The Balaban J connectivity index is 1.54. The first-order chi connectivity index (χ1) is 17.6. The van der Waals surface area contributed by atoms with Gasteiger partial charge in [0.25, 0.3) is 0 Å². The van der Waals surface area contributed by atoms with Crippen molar-refractivity contribution in [3.8, 4) is 11.1 Å². The fraction of sp³-hybridized carbons (Fsp3) is 0.556. The van der Waals surface area contributed by atoms with E-state index in [1.807, 2.05) is 25.1 Å². The summed E-state index contributed by atoms with van der Waals surface area (Å²) in [5.74, 6) is 0.373. The lowest BCUT2D eigenvalue weighted by molar-refractivity contribution is -0.143. The number of carbonyl (C=O) groups is 1. The Labute approximate surface area is 215 Å². The van der Waals surface area contributed by atoms with Crippen molar-refractivity contribution in [1.82, 2.24) is 9.88 Å². The molecule has 0 aliphatic carbocycles. The summed E-state index contributed by atoms with van der Waals surface area (Å²) in [6.07, 6.45) is -3.51. The number of halogens is 3. The smallest absolute Gasteiger partial charge is 0.389 e. The number of benzene rings is 1. The molecule has 2 saturated heterocycles. The van der Waals surface area contributed by atoms with E-state index in [0.717, 1.165) is 35.2 Å². The molecule has 0 spiro atoms. The quantitative estimate of drug-likeness (QED) is 0.446. The van der Waals surface area contributed by atoms with Crippen LogP contribution in [0, 0.1) is 12.8 Å². The maximum absolute atomic E-state index is 12.8. The molecule has 1 aromatic carbocycles. The summed E-state index contributed by atoms with van der Waals surface area (Å²) >= 11 is 0. The molecule has 3 heterocycles. The van der Waals surface area contributed by atoms with Crippen LogP contribution >= 0.6 is 0 Å². The minimum Gasteiger partial charge on any atom is -0.392 e. The van der Waals surface area contributed by atoms with Gasteiger partial charge in [0.05, 0.1) is 6.10 Å². The van der Waals surface area contributed by atoms with Crippen LogP contribution in [0.2, 0.25) is 0 Å². The number of hydrogen-bond acceptors (Lipinski definition) is 5. The molecular weight excluding hydrogens is 485 g/mol. The molecule has 37 heavy (non-hydrogen) atoms. The van der Waals surface area contributed by atoms with Crippen molar-refractivity contribution in [3.63, 3.8) is 0 Å². The fourth-order valence-electron chi connectivity index (χ4n) is 4.98. The molecular formula is C27H35F3N4O3. The average molecular weight is 521 g/mol. The van der Waals surface area contributed by atoms with Crippen LogP contribution in [-0.2, 0) is 4.74 Å². The normalized spacial score (nSPS) is 19.6. The highest BCUT2D eigenvalue weighted by atomic mass is 19.4.